The lowest BCUT2D eigenvalue weighted by molar-refractivity contribution is 0.414. The second-order valence-electron chi connectivity index (χ2n) is 6.18. The van der Waals surface area contributed by atoms with E-state index in [-0.39, 0.29) is 0 Å². The van der Waals surface area contributed by atoms with Crippen molar-refractivity contribution in [2.75, 3.05) is 7.11 Å². The van der Waals surface area contributed by atoms with Gasteiger partial charge in [-0.05, 0) is 55.5 Å². The number of fused-ring (bicyclic) bond motifs is 1. The molecule has 23 heavy (non-hydrogen) atoms. The largest absolute Gasteiger partial charge is 0.497 e. The number of aromatic nitrogens is 1. The van der Waals surface area contributed by atoms with Gasteiger partial charge < -0.3 is 9.30 Å². The van der Waals surface area contributed by atoms with Crippen molar-refractivity contribution < 1.29 is 4.74 Å². The highest BCUT2D eigenvalue weighted by Crippen LogP contribution is 2.21. The van der Waals surface area contributed by atoms with Crippen LogP contribution in [0.2, 0.25) is 0 Å². The molecule has 1 heterocycles. The maximum atomic E-state index is 5.20. The fraction of sp³-hybridized carbons (Fsp3) is 0.333. The molecular weight excluding hydrogens is 282 g/mol. The summed E-state index contributed by atoms with van der Waals surface area (Å²) in [5.74, 6) is 0.934. The lowest BCUT2D eigenvalue weighted by Crippen LogP contribution is -1.96. The van der Waals surface area contributed by atoms with Crippen LogP contribution < -0.4 is 4.74 Å². The van der Waals surface area contributed by atoms with Crippen molar-refractivity contribution in [3.8, 4) is 5.75 Å². The Kier molecular flexibility index (Phi) is 5.02. The maximum absolute atomic E-state index is 5.20. The van der Waals surface area contributed by atoms with E-state index in [1.54, 1.807) is 7.11 Å². The van der Waals surface area contributed by atoms with Crippen LogP contribution in [0.3, 0.4) is 0 Å². The summed E-state index contributed by atoms with van der Waals surface area (Å²) < 4.78 is 7.60. The number of hydrogen-bond donors (Lipinski definition) is 0. The van der Waals surface area contributed by atoms with E-state index < -0.39 is 0 Å². The first-order chi connectivity index (χ1) is 11.3. The first-order valence-corrected chi connectivity index (χ1v) is 8.45. The summed E-state index contributed by atoms with van der Waals surface area (Å²) in [7, 11) is 1.71. The third-order valence-corrected chi connectivity index (χ3v) is 4.51. The highest BCUT2D eigenvalue weighted by atomic mass is 16.5. The van der Waals surface area contributed by atoms with Gasteiger partial charge in [0.25, 0.3) is 0 Å². The van der Waals surface area contributed by atoms with E-state index in [0.29, 0.717) is 0 Å². The van der Waals surface area contributed by atoms with Crippen LogP contribution >= 0.6 is 0 Å². The fourth-order valence-electron chi connectivity index (χ4n) is 3.20. The highest BCUT2D eigenvalue weighted by molar-refractivity contribution is 5.83. The van der Waals surface area contributed by atoms with E-state index in [1.807, 2.05) is 12.1 Å². The molecular formula is C21H25NO. The van der Waals surface area contributed by atoms with E-state index >= 15 is 0 Å². The highest BCUT2D eigenvalue weighted by Gasteiger charge is 2.04. The van der Waals surface area contributed by atoms with Gasteiger partial charge in [-0.2, -0.15) is 0 Å². The molecule has 0 amide bonds. The number of benzene rings is 2. The average molecular weight is 307 g/mol. The third-order valence-electron chi connectivity index (χ3n) is 4.51. The van der Waals surface area contributed by atoms with Gasteiger partial charge in [0.05, 0.1) is 7.11 Å². The van der Waals surface area contributed by atoms with Gasteiger partial charge in [-0.1, -0.05) is 36.8 Å². The Balaban J connectivity index is 1.47. The van der Waals surface area contributed by atoms with E-state index in [0.717, 1.165) is 18.7 Å². The maximum Gasteiger partial charge on any atom is 0.118 e. The van der Waals surface area contributed by atoms with Crippen molar-refractivity contribution >= 4 is 10.9 Å². The number of unbranched alkanes of at least 4 members (excludes halogenated alkanes) is 2. The molecule has 0 spiro atoms. The Labute approximate surface area is 138 Å². The van der Waals surface area contributed by atoms with Crippen LogP contribution in [0, 0.1) is 6.92 Å². The van der Waals surface area contributed by atoms with Crippen molar-refractivity contribution in [2.45, 2.75) is 39.2 Å². The predicted molar refractivity (Wildman–Crippen MR) is 97.2 cm³/mol. The molecule has 0 saturated carbocycles. The van der Waals surface area contributed by atoms with Gasteiger partial charge in [-0.15, -0.1) is 0 Å². The summed E-state index contributed by atoms with van der Waals surface area (Å²) in [4.78, 5) is 0. The SMILES string of the molecule is COc1ccc(CCCCCn2cc(C)c3ccccc32)cc1. The Morgan fingerprint density at radius 3 is 2.48 bits per heavy atom. The molecule has 2 aromatic carbocycles. The standard InChI is InChI=1S/C21H25NO/c1-17-16-22(21-10-6-5-9-20(17)21)15-7-3-4-8-18-11-13-19(23-2)14-12-18/h5-6,9-14,16H,3-4,7-8,15H2,1-2H3. The molecule has 0 atom stereocenters. The van der Waals surface area contributed by atoms with Crippen LogP contribution in [0.5, 0.6) is 5.75 Å². The molecule has 0 saturated heterocycles. The molecule has 0 radical (unpaired) electrons. The van der Waals surface area contributed by atoms with Crippen molar-refractivity contribution in [2.24, 2.45) is 0 Å². The Hall–Kier alpha value is -2.22. The number of ether oxygens (including phenoxy) is 1. The van der Waals surface area contributed by atoms with Gasteiger partial charge in [0.1, 0.15) is 5.75 Å². The minimum Gasteiger partial charge on any atom is -0.497 e. The minimum absolute atomic E-state index is 0.934. The minimum atomic E-state index is 0.934. The molecule has 2 heteroatoms. The summed E-state index contributed by atoms with van der Waals surface area (Å²) in [6.07, 6.45) is 7.17. The summed E-state index contributed by atoms with van der Waals surface area (Å²) in [6, 6.07) is 17.1. The topological polar surface area (TPSA) is 14.2 Å². The van der Waals surface area contributed by atoms with Gasteiger partial charge in [0.2, 0.25) is 0 Å². The van der Waals surface area contributed by atoms with Crippen LogP contribution in [-0.2, 0) is 13.0 Å². The summed E-state index contributed by atoms with van der Waals surface area (Å²) in [5, 5.41) is 1.38. The Morgan fingerprint density at radius 1 is 0.913 bits per heavy atom. The van der Waals surface area contributed by atoms with Gasteiger partial charge in [-0.25, -0.2) is 0 Å². The summed E-state index contributed by atoms with van der Waals surface area (Å²) in [6.45, 7) is 3.31. The lowest BCUT2D eigenvalue weighted by atomic mass is 10.1. The van der Waals surface area contributed by atoms with Crippen LogP contribution in [0.25, 0.3) is 10.9 Å². The number of nitrogens with zero attached hydrogens (tertiary/aromatic N) is 1. The number of aryl methyl sites for hydroxylation is 3. The Bertz CT molecular complexity index is 755. The van der Waals surface area contributed by atoms with E-state index in [1.165, 1.54) is 41.3 Å². The van der Waals surface area contributed by atoms with Crippen molar-refractivity contribution in [3.05, 3.63) is 65.9 Å². The zero-order valence-corrected chi connectivity index (χ0v) is 14.1. The van der Waals surface area contributed by atoms with Gasteiger partial charge in [-0.3, -0.25) is 0 Å². The normalized spacial score (nSPS) is 11.0. The first kappa shape index (κ1) is 15.7. The second kappa shape index (κ2) is 7.36. The number of para-hydroxylation sites is 1. The molecule has 0 N–H and O–H groups in total. The van der Waals surface area contributed by atoms with Crippen molar-refractivity contribution in [1.82, 2.24) is 4.57 Å². The first-order valence-electron chi connectivity index (χ1n) is 8.45. The van der Waals surface area contributed by atoms with E-state index in [4.69, 9.17) is 4.74 Å². The fourth-order valence-corrected chi connectivity index (χ4v) is 3.20. The van der Waals surface area contributed by atoms with Crippen LogP contribution in [-0.4, -0.2) is 11.7 Å². The monoisotopic (exact) mass is 307 g/mol. The molecule has 1 aromatic heterocycles. The van der Waals surface area contributed by atoms with Gasteiger partial charge in [0, 0.05) is 23.6 Å². The lowest BCUT2D eigenvalue weighted by Gasteiger charge is -2.06. The molecule has 3 aromatic rings. The van der Waals surface area contributed by atoms with Gasteiger partial charge >= 0.3 is 0 Å². The van der Waals surface area contributed by atoms with Crippen molar-refractivity contribution in [3.63, 3.8) is 0 Å². The van der Waals surface area contributed by atoms with Crippen LogP contribution in [0.15, 0.2) is 54.7 Å². The zero-order chi connectivity index (χ0) is 16.1. The molecule has 0 aliphatic heterocycles. The smallest absolute Gasteiger partial charge is 0.118 e. The summed E-state index contributed by atoms with van der Waals surface area (Å²) >= 11 is 0. The molecule has 0 bridgehead atoms. The summed E-state index contributed by atoms with van der Waals surface area (Å²) in [5.41, 5.74) is 4.13. The van der Waals surface area contributed by atoms with E-state index in [9.17, 15) is 0 Å². The molecule has 120 valence electrons. The second-order valence-corrected chi connectivity index (χ2v) is 6.18. The number of hydrogen-bond acceptors (Lipinski definition) is 1. The van der Waals surface area contributed by atoms with Gasteiger partial charge in [0.15, 0.2) is 0 Å². The quantitative estimate of drug-likeness (QED) is 0.535. The van der Waals surface area contributed by atoms with Crippen LogP contribution in [0.4, 0.5) is 0 Å². The van der Waals surface area contributed by atoms with Crippen LogP contribution in [0.1, 0.15) is 30.4 Å². The Morgan fingerprint density at radius 2 is 1.70 bits per heavy atom. The molecule has 0 unspecified atom stereocenters. The number of methoxy groups -OCH3 is 1. The molecule has 0 aliphatic carbocycles. The van der Waals surface area contributed by atoms with Crippen molar-refractivity contribution in [1.29, 1.82) is 0 Å². The number of rotatable bonds is 7. The molecule has 2 nitrogen and oxygen atoms in total. The zero-order valence-electron chi connectivity index (χ0n) is 14.1. The third kappa shape index (κ3) is 3.76. The average Bonchev–Trinajstić information content (AvgIpc) is 2.92. The predicted octanol–water partition coefficient (Wildman–Crippen LogP) is 5.37. The molecule has 0 fully saturated rings. The molecule has 0 aliphatic rings. The molecule has 3 rings (SSSR count). The van der Waals surface area contributed by atoms with E-state index in [2.05, 4.69) is 54.1 Å².